The summed E-state index contributed by atoms with van der Waals surface area (Å²) in [7, 11) is 0. The maximum absolute atomic E-state index is 11.5. The van der Waals surface area contributed by atoms with E-state index in [-0.39, 0.29) is 42.4 Å². The summed E-state index contributed by atoms with van der Waals surface area (Å²) >= 11 is 1.10. The van der Waals surface area contributed by atoms with E-state index < -0.39 is 18.0 Å². The number of unbranched alkanes of at least 4 members (excludes halogenated alkanes) is 18. The van der Waals surface area contributed by atoms with Crippen molar-refractivity contribution < 1.29 is 49.0 Å². The first kappa shape index (κ1) is 42.0. The normalized spacial score (nSPS) is 11.2. The van der Waals surface area contributed by atoms with Gasteiger partial charge in [-0.2, -0.15) is 0 Å². The minimum Gasteiger partial charge on any atom is 1.00 e. The van der Waals surface area contributed by atoms with Crippen LogP contribution in [0.5, 0.6) is 0 Å². The van der Waals surface area contributed by atoms with Crippen molar-refractivity contribution in [1.29, 1.82) is 0 Å². The van der Waals surface area contributed by atoms with Crippen molar-refractivity contribution in [3.8, 4) is 0 Å². The number of carboxylic acid groups (broad SMARTS) is 1. The molecule has 2 N–H and O–H groups in total. The summed E-state index contributed by atoms with van der Waals surface area (Å²) in [6.07, 6.45) is 26.9. The number of hydrogen-bond acceptors (Lipinski definition) is 5. The van der Waals surface area contributed by atoms with Gasteiger partial charge < -0.3 is 20.4 Å². The van der Waals surface area contributed by atoms with E-state index in [0.717, 1.165) is 61.8 Å². The van der Waals surface area contributed by atoms with Crippen LogP contribution >= 0.6 is 0 Å². The van der Waals surface area contributed by atoms with Gasteiger partial charge in [0.1, 0.15) is 6.04 Å². The number of nitrogens with two attached hydrogens (primary N) is 1. The zero-order valence-corrected chi connectivity index (χ0v) is 29.9. The predicted octanol–water partition coefficient (Wildman–Crippen LogP) is 3.81. The standard InChI is InChI=1S/C17H33NO4.C12H25.K.Na/c1-2-3-4-5-6-7-8-9-10-11-14-22-17(21)15(18)12-13-16(19)20;1-3-5-7-9-11-12-10-8-6-4-2;;/h15H,2-14,18H2,1H3,(H,19,20);1,3-12H2,2H3;;/q;;;+1/p-1. The molecule has 0 aliphatic rings. The van der Waals surface area contributed by atoms with Crippen molar-refractivity contribution in [3.63, 3.8) is 0 Å². The molecule has 0 bridgehead atoms. The topological polar surface area (TPSA) is 92.5 Å². The van der Waals surface area contributed by atoms with E-state index in [1.807, 2.05) is 0 Å². The molecule has 0 aromatic rings. The minimum atomic E-state index is -1.20. The van der Waals surface area contributed by atoms with E-state index in [0.29, 0.717) is 6.61 Å². The molecule has 0 fully saturated rings. The quantitative estimate of drug-likeness (QED) is 0.107. The predicted molar refractivity (Wildman–Crippen MR) is 147 cm³/mol. The van der Waals surface area contributed by atoms with Gasteiger partial charge in [-0.15, -0.1) is 0 Å². The molecule has 1 atom stereocenters. The molecular weight excluding hydrogens is 488 g/mol. The Kier molecular flexibility index (Phi) is 42.6. The van der Waals surface area contributed by atoms with Crippen LogP contribution in [0.2, 0.25) is 0.515 Å². The number of carbonyl (C=O) groups is 2. The molecule has 0 aliphatic heterocycles. The Morgan fingerprint density at radius 2 is 1.06 bits per heavy atom. The van der Waals surface area contributed by atoms with Crippen molar-refractivity contribution in [2.24, 2.45) is 5.73 Å². The molecule has 204 valence electrons. The van der Waals surface area contributed by atoms with Crippen LogP contribution in [0.15, 0.2) is 0 Å². The van der Waals surface area contributed by atoms with Crippen molar-refractivity contribution in [3.05, 3.63) is 0 Å². The number of rotatable bonds is 25. The van der Waals surface area contributed by atoms with Gasteiger partial charge in [0.2, 0.25) is 0 Å². The molecule has 0 heterocycles. The zero-order chi connectivity index (χ0) is 26.4. The minimum absolute atomic E-state index is 0. The van der Waals surface area contributed by atoms with E-state index in [2.05, 4.69) is 13.8 Å². The van der Waals surface area contributed by atoms with E-state index in [1.54, 1.807) is 0.515 Å². The van der Waals surface area contributed by atoms with E-state index in [9.17, 15) is 14.7 Å². The molecule has 5 nitrogen and oxygen atoms in total. The Morgan fingerprint density at radius 1 is 0.694 bits per heavy atom. The van der Waals surface area contributed by atoms with Gasteiger partial charge >= 0.3 is 156 Å². The van der Waals surface area contributed by atoms with Crippen LogP contribution in [0, 0.1) is 0 Å². The Bertz CT molecular complexity index is 445. The summed E-state index contributed by atoms with van der Waals surface area (Å²) in [5, 5.41) is 10.3. The molecule has 36 heavy (non-hydrogen) atoms. The first-order chi connectivity index (χ1) is 17.0. The van der Waals surface area contributed by atoms with Gasteiger partial charge in [-0.3, -0.25) is 4.79 Å². The van der Waals surface area contributed by atoms with E-state index in [1.165, 1.54) is 116 Å². The van der Waals surface area contributed by atoms with Crippen LogP contribution in [0.4, 0.5) is 0 Å². The molecule has 0 rings (SSSR count). The van der Waals surface area contributed by atoms with Crippen LogP contribution in [-0.4, -0.2) is 73.5 Å². The number of carbonyl (C=O) groups excluding carboxylic acids is 2. The molecule has 0 radical (unpaired) electrons. The molecule has 0 saturated heterocycles. The average Bonchev–Trinajstić information content (AvgIpc) is 2.85. The largest absolute Gasteiger partial charge is 1.00 e. The Hall–Kier alpha value is 1.54. The van der Waals surface area contributed by atoms with Gasteiger partial charge in [0, 0.05) is 5.97 Å². The van der Waals surface area contributed by atoms with Crippen molar-refractivity contribution in [1.82, 2.24) is 0 Å². The van der Waals surface area contributed by atoms with Gasteiger partial charge in [-0.1, -0.05) is 64.7 Å². The molecule has 0 saturated carbocycles. The van der Waals surface area contributed by atoms with Crippen molar-refractivity contribution in [2.75, 3.05) is 6.61 Å². The van der Waals surface area contributed by atoms with Gasteiger partial charge in [0.25, 0.3) is 0 Å². The molecule has 0 spiro atoms. The second kappa shape index (κ2) is 36.5. The summed E-state index contributed by atoms with van der Waals surface area (Å²) in [5.74, 6) is -1.71. The van der Waals surface area contributed by atoms with Crippen LogP contribution in [0.1, 0.15) is 155 Å². The van der Waals surface area contributed by atoms with Gasteiger partial charge in [-0.25, -0.2) is 0 Å². The molecule has 7 heteroatoms. The van der Waals surface area contributed by atoms with Crippen LogP contribution in [-0.2, 0) is 14.3 Å². The Morgan fingerprint density at radius 3 is 1.42 bits per heavy atom. The Labute approximate surface area is 280 Å². The number of carboxylic acids is 1. The van der Waals surface area contributed by atoms with Crippen LogP contribution < -0.4 is 40.4 Å². The van der Waals surface area contributed by atoms with Gasteiger partial charge in [0.15, 0.2) is 0 Å². The molecule has 1 unspecified atom stereocenters. The third-order valence-corrected chi connectivity index (χ3v) is 7.52. The van der Waals surface area contributed by atoms with Crippen LogP contribution in [0.25, 0.3) is 0 Å². The third-order valence-electron chi connectivity index (χ3n) is 6.41. The summed E-state index contributed by atoms with van der Waals surface area (Å²) in [5.41, 5.74) is 5.53. The Balaban J connectivity index is -0.000000667. The fourth-order valence-corrected chi connectivity index (χ4v) is 4.78. The van der Waals surface area contributed by atoms with E-state index >= 15 is 0 Å². The maximum Gasteiger partial charge on any atom is 1.00 e. The first-order valence-electron chi connectivity index (χ1n) is 15.1. The molecular formula is C29H57KNNaO4. The number of hydrogen-bond donors (Lipinski definition) is 1. The van der Waals surface area contributed by atoms with Gasteiger partial charge in [-0.05, 0) is 19.3 Å². The molecule has 0 aromatic carbocycles. The number of ether oxygens (including phenoxy) is 1. The zero-order valence-electron chi connectivity index (χ0n) is 24.8. The fraction of sp³-hybridized carbons (Fsp3) is 0.931. The fourth-order valence-electron chi connectivity index (χ4n) is 4.00. The smallest absolute Gasteiger partial charge is 1.00 e. The molecule has 0 aromatic heterocycles. The summed E-state index contributed by atoms with van der Waals surface area (Å²) in [4.78, 5) is 21.7. The number of esters is 1. The summed E-state index contributed by atoms with van der Waals surface area (Å²) < 4.78 is 6.59. The molecule has 0 amide bonds. The van der Waals surface area contributed by atoms with Crippen molar-refractivity contribution >= 4 is 60.9 Å². The second-order valence-corrected chi connectivity index (χ2v) is 11.6. The number of aliphatic carboxylic acids is 1. The van der Waals surface area contributed by atoms with E-state index in [4.69, 9.17) is 10.5 Å². The third kappa shape index (κ3) is 37.7. The SMILES string of the molecule is CCCCCCCCCCCCOC(=O)C(N)CCC(=O)[O-].CCCCCCCCCCC[CH2][K].[Na+]. The first-order valence-corrected chi connectivity index (χ1v) is 17.3. The van der Waals surface area contributed by atoms with Crippen LogP contribution in [0.3, 0.4) is 0 Å². The summed E-state index contributed by atoms with van der Waals surface area (Å²) in [6, 6.07) is -0.860. The average molecular weight is 546 g/mol. The monoisotopic (exact) mass is 545 g/mol. The van der Waals surface area contributed by atoms with Crippen molar-refractivity contribution in [2.45, 2.75) is 162 Å². The molecule has 0 aliphatic carbocycles. The summed E-state index contributed by atoms with van der Waals surface area (Å²) in [6.45, 7) is 4.88. The van der Waals surface area contributed by atoms with Gasteiger partial charge in [0.05, 0.1) is 6.61 Å². The maximum atomic E-state index is 11.5. The second-order valence-electron chi connectivity index (χ2n) is 10.0.